The largest absolute Gasteiger partial charge is 0.379 e. The summed E-state index contributed by atoms with van der Waals surface area (Å²) in [5.41, 5.74) is 1.92. The number of morpholine rings is 1. The van der Waals surface area contributed by atoms with Gasteiger partial charge in [0, 0.05) is 35.9 Å². The Morgan fingerprint density at radius 3 is 2.54 bits per heavy atom. The van der Waals surface area contributed by atoms with Crippen molar-refractivity contribution < 1.29 is 9.53 Å². The van der Waals surface area contributed by atoms with E-state index in [0.29, 0.717) is 6.54 Å². The third kappa shape index (κ3) is 4.72. The molecule has 140 valence electrons. The summed E-state index contributed by atoms with van der Waals surface area (Å²) in [7, 11) is 0. The number of hydrogen-bond donors (Lipinski definition) is 1. The van der Waals surface area contributed by atoms with Crippen molar-refractivity contribution in [2.45, 2.75) is 26.2 Å². The molecule has 4 nitrogen and oxygen atoms in total. The van der Waals surface area contributed by atoms with Crippen molar-refractivity contribution in [3.05, 3.63) is 46.8 Å². The van der Waals surface area contributed by atoms with E-state index in [0.717, 1.165) is 48.9 Å². The van der Waals surface area contributed by atoms with Crippen LogP contribution in [0, 0.1) is 0 Å². The van der Waals surface area contributed by atoms with Crippen LogP contribution in [0.25, 0.3) is 10.4 Å². The molecule has 1 aliphatic rings. The van der Waals surface area contributed by atoms with Crippen LogP contribution in [0.3, 0.4) is 0 Å². The first-order chi connectivity index (χ1) is 12.4. The Balaban J connectivity index is 1.74. The number of carbonyl (C=O) groups excluding carboxylic acids is 1. The molecule has 1 aromatic carbocycles. The van der Waals surface area contributed by atoms with Crippen molar-refractivity contribution in [3.63, 3.8) is 0 Å². The molecule has 1 N–H and O–H groups in total. The molecule has 2 aromatic rings. The molecule has 0 saturated carbocycles. The molecule has 1 aliphatic heterocycles. The van der Waals surface area contributed by atoms with Gasteiger partial charge in [-0.2, -0.15) is 0 Å². The quantitative estimate of drug-likeness (QED) is 0.869. The molecule has 3 rings (SSSR count). The summed E-state index contributed by atoms with van der Waals surface area (Å²) in [6.45, 7) is 11.5. The fourth-order valence-corrected chi connectivity index (χ4v) is 4.20. The zero-order valence-electron chi connectivity index (χ0n) is 15.9. The fraction of sp³-hybridized carbons (Fsp3) is 0.476. The highest BCUT2D eigenvalue weighted by atomic mass is 32.1. The summed E-state index contributed by atoms with van der Waals surface area (Å²) in [5.74, 6) is 0.0175. The van der Waals surface area contributed by atoms with E-state index in [-0.39, 0.29) is 11.3 Å². The fourth-order valence-electron chi connectivity index (χ4n) is 2.98. The van der Waals surface area contributed by atoms with Crippen molar-refractivity contribution in [3.8, 4) is 10.4 Å². The number of hydrogen-bond acceptors (Lipinski definition) is 4. The van der Waals surface area contributed by atoms with E-state index in [1.807, 2.05) is 18.2 Å². The van der Waals surface area contributed by atoms with Gasteiger partial charge in [0.1, 0.15) is 0 Å². The van der Waals surface area contributed by atoms with Gasteiger partial charge in [0.2, 0.25) is 0 Å². The summed E-state index contributed by atoms with van der Waals surface area (Å²) >= 11 is 1.72. The lowest BCUT2D eigenvalue weighted by Crippen LogP contribution is -2.41. The highest BCUT2D eigenvalue weighted by Gasteiger charge is 2.23. The van der Waals surface area contributed by atoms with Gasteiger partial charge in [0.25, 0.3) is 5.91 Å². The van der Waals surface area contributed by atoms with Crippen molar-refractivity contribution >= 4 is 17.2 Å². The Morgan fingerprint density at radius 1 is 1.19 bits per heavy atom. The highest BCUT2D eigenvalue weighted by molar-refractivity contribution is 7.16. The maximum Gasteiger partial charge on any atom is 0.252 e. The SMILES string of the molecule is CC(C)(C)c1cc(C(=O)NCCN2CCOCC2)c(-c2ccccc2)s1. The summed E-state index contributed by atoms with van der Waals surface area (Å²) in [5, 5.41) is 3.11. The average Bonchev–Trinajstić information content (AvgIpc) is 3.09. The van der Waals surface area contributed by atoms with Crippen LogP contribution in [0.4, 0.5) is 0 Å². The number of nitrogens with zero attached hydrogens (tertiary/aromatic N) is 1. The van der Waals surface area contributed by atoms with E-state index in [1.54, 1.807) is 11.3 Å². The van der Waals surface area contributed by atoms with Gasteiger partial charge >= 0.3 is 0 Å². The molecule has 1 fully saturated rings. The summed E-state index contributed by atoms with van der Waals surface area (Å²) in [6, 6.07) is 12.3. The van der Waals surface area contributed by atoms with Gasteiger partial charge in [-0.15, -0.1) is 11.3 Å². The molecule has 1 aromatic heterocycles. The van der Waals surface area contributed by atoms with Crippen LogP contribution in [0.2, 0.25) is 0 Å². The van der Waals surface area contributed by atoms with Crippen LogP contribution >= 0.6 is 11.3 Å². The van der Waals surface area contributed by atoms with Crippen LogP contribution in [-0.4, -0.2) is 50.2 Å². The standard InChI is InChI=1S/C21H28N2O2S/c1-21(2,3)18-15-17(19(26-18)16-7-5-4-6-8-16)20(24)22-9-10-23-11-13-25-14-12-23/h4-8,15H,9-14H2,1-3H3,(H,22,24). The number of benzene rings is 1. The van der Waals surface area contributed by atoms with Gasteiger partial charge in [0.15, 0.2) is 0 Å². The molecule has 26 heavy (non-hydrogen) atoms. The van der Waals surface area contributed by atoms with Crippen LogP contribution in [-0.2, 0) is 10.2 Å². The molecule has 0 spiro atoms. The molecule has 1 saturated heterocycles. The van der Waals surface area contributed by atoms with Crippen molar-refractivity contribution in [2.75, 3.05) is 39.4 Å². The van der Waals surface area contributed by atoms with E-state index >= 15 is 0 Å². The summed E-state index contributed by atoms with van der Waals surface area (Å²) in [4.78, 5) is 17.5. The maximum atomic E-state index is 12.9. The van der Waals surface area contributed by atoms with Gasteiger partial charge in [-0.1, -0.05) is 51.1 Å². The molecule has 1 amide bonds. The van der Waals surface area contributed by atoms with E-state index in [2.05, 4.69) is 49.2 Å². The highest BCUT2D eigenvalue weighted by Crippen LogP contribution is 2.38. The first kappa shape index (κ1) is 19.1. The van der Waals surface area contributed by atoms with Crippen LogP contribution < -0.4 is 5.32 Å². The first-order valence-electron chi connectivity index (χ1n) is 9.23. The van der Waals surface area contributed by atoms with E-state index < -0.39 is 0 Å². The molecular formula is C21H28N2O2S. The lowest BCUT2D eigenvalue weighted by atomic mass is 9.94. The Bertz CT molecular complexity index is 728. The van der Waals surface area contributed by atoms with Crippen LogP contribution in [0.15, 0.2) is 36.4 Å². The Kier molecular flexibility index (Phi) is 6.12. The van der Waals surface area contributed by atoms with Gasteiger partial charge in [-0.3, -0.25) is 9.69 Å². The zero-order valence-corrected chi connectivity index (χ0v) is 16.7. The lowest BCUT2D eigenvalue weighted by molar-refractivity contribution is 0.0383. The van der Waals surface area contributed by atoms with Gasteiger partial charge in [-0.05, 0) is 17.0 Å². The molecule has 0 radical (unpaired) electrons. The Morgan fingerprint density at radius 2 is 1.88 bits per heavy atom. The minimum atomic E-state index is 0.0175. The molecule has 5 heteroatoms. The molecule has 2 heterocycles. The Labute approximate surface area is 160 Å². The molecule has 0 unspecified atom stereocenters. The number of carbonyl (C=O) groups is 1. The number of amides is 1. The topological polar surface area (TPSA) is 41.6 Å². The Hall–Kier alpha value is -1.69. The minimum absolute atomic E-state index is 0.0175. The van der Waals surface area contributed by atoms with Crippen LogP contribution in [0.1, 0.15) is 36.0 Å². The molecule has 0 aliphatic carbocycles. The third-order valence-electron chi connectivity index (χ3n) is 4.57. The number of rotatable bonds is 5. The predicted molar refractivity (Wildman–Crippen MR) is 108 cm³/mol. The maximum absolute atomic E-state index is 12.9. The average molecular weight is 373 g/mol. The number of nitrogens with one attached hydrogen (secondary N) is 1. The predicted octanol–water partition coefficient (Wildman–Crippen LogP) is 3.77. The van der Waals surface area contributed by atoms with E-state index in [4.69, 9.17) is 4.74 Å². The van der Waals surface area contributed by atoms with Gasteiger partial charge < -0.3 is 10.1 Å². The minimum Gasteiger partial charge on any atom is -0.379 e. The van der Waals surface area contributed by atoms with E-state index in [1.165, 1.54) is 4.88 Å². The second-order valence-corrected chi connectivity index (χ2v) is 8.73. The second kappa shape index (κ2) is 8.33. The lowest BCUT2D eigenvalue weighted by Gasteiger charge is -2.26. The normalized spacial score (nSPS) is 15.8. The summed E-state index contributed by atoms with van der Waals surface area (Å²) in [6.07, 6.45) is 0. The third-order valence-corrected chi connectivity index (χ3v) is 6.18. The van der Waals surface area contributed by atoms with Gasteiger partial charge in [0.05, 0.1) is 18.8 Å². The molecule has 0 atom stereocenters. The van der Waals surface area contributed by atoms with Crippen molar-refractivity contribution in [1.29, 1.82) is 0 Å². The zero-order chi connectivity index (χ0) is 18.6. The van der Waals surface area contributed by atoms with Crippen LogP contribution in [0.5, 0.6) is 0 Å². The van der Waals surface area contributed by atoms with Crippen molar-refractivity contribution in [2.24, 2.45) is 0 Å². The van der Waals surface area contributed by atoms with Crippen molar-refractivity contribution in [1.82, 2.24) is 10.2 Å². The van der Waals surface area contributed by atoms with E-state index in [9.17, 15) is 4.79 Å². The second-order valence-electron chi connectivity index (χ2n) is 7.68. The van der Waals surface area contributed by atoms with Gasteiger partial charge in [-0.25, -0.2) is 0 Å². The monoisotopic (exact) mass is 372 g/mol. The molecular weight excluding hydrogens is 344 g/mol. The summed E-state index contributed by atoms with van der Waals surface area (Å²) < 4.78 is 5.37. The smallest absolute Gasteiger partial charge is 0.252 e. The first-order valence-corrected chi connectivity index (χ1v) is 10.0. The molecule has 0 bridgehead atoms. The number of thiophene rings is 1. The number of ether oxygens (including phenoxy) is 1.